The normalized spacial score (nSPS) is 25.4. The van der Waals surface area contributed by atoms with Crippen LogP contribution in [0.3, 0.4) is 0 Å². The molecule has 142 valence electrons. The molecule has 4 nitrogen and oxygen atoms in total. The smallest absolute Gasteiger partial charge is 0.353 e. The van der Waals surface area contributed by atoms with Gasteiger partial charge in [0.25, 0.3) is 0 Å². The van der Waals surface area contributed by atoms with E-state index in [4.69, 9.17) is 0 Å². The largest absolute Gasteiger partial charge is 0.416 e. The van der Waals surface area contributed by atoms with Crippen LogP contribution in [0.2, 0.25) is 0 Å². The Morgan fingerprint density at radius 1 is 1.04 bits per heavy atom. The highest BCUT2D eigenvalue weighted by atomic mass is 19.4. The van der Waals surface area contributed by atoms with Gasteiger partial charge in [-0.15, -0.1) is 0 Å². The third-order valence-corrected chi connectivity index (χ3v) is 5.96. The van der Waals surface area contributed by atoms with E-state index >= 15 is 0 Å². The first kappa shape index (κ1) is 17.0. The maximum atomic E-state index is 12.9. The topological polar surface area (TPSA) is 32.3 Å². The van der Waals surface area contributed by atoms with Crippen LogP contribution in [0.4, 0.5) is 19.0 Å². The fourth-order valence-electron chi connectivity index (χ4n) is 4.33. The van der Waals surface area contributed by atoms with E-state index in [-0.39, 0.29) is 0 Å². The van der Waals surface area contributed by atoms with Crippen molar-refractivity contribution in [3.05, 3.63) is 53.5 Å². The van der Waals surface area contributed by atoms with Gasteiger partial charge in [-0.05, 0) is 30.9 Å². The highest BCUT2D eigenvalue weighted by Gasteiger charge is 2.45. The van der Waals surface area contributed by atoms with Crippen LogP contribution in [0, 0.1) is 0 Å². The fourth-order valence-corrected chi connectivity index (χ4v) is 4.33. The number of aromatic nitrogens is 2. The van der Waals surface area contributed by atoms with Crippen molar-refractivity contribution >= 4 is 5.82 Å². The number of alkyl halides is 3. The number of halogens is 3. The molecule has 2 unspecified atom stereocenters. The van der Waals surface area contributed by atoms with Gasteiger partial charge in [-0.1, -0.05) is 18.2 Å². The second kappa shape index (κ2) is 6.19. The molecule has 3 aliphatic heterocycles. The summed E-state index contributed by atoms with van der Waals surface area (Å²) in [4.78, 5) is 13.5. The molecular formula is C20H21F3N4. The Bertz CT molecular complexity index is 837. The Morgan fingerprint density at radius 3 is 2.52 bits per heavy atom. The van der Waals surface area contributed by atoms with E-state index in [2.05, 4.69) is 25.8 Å². The number of hydrogen-bond donors (Lipinski definition) is 0. The molecule has 0 N–H and O–H groups in total. The Morgan fingerprint density at radius 2 is 1.81 bits per heavy atom. The van der Waals surface area contributed by atoms with E-state index in [0.29, 0.717) is 24.5 Å². The maximum Gasteiger partial charge on any atom is 0.416 e. The maximum absolute atomic E-state index is 12.9. The van der Waals surface area contributed by atoms with Crippen molar-refractivity contribution < 1.29 is 13.2 Å². The number of nitrogens with zero attached hydrogens (tertiary/aromatic N) is 4. The van der Waals surface area contributed by atoms with Crippen LogP contribution in [-0.2, 0) is 12.7 Å². The first-order valence-electron chi connectivity index (χ1n) is 9.46. The highest BCUT2D eigenvalue weighted by Crippen LogP contribution is 2.41. The number of hydrogen-bond acceptors (Lipinski definition) is 4. The molecule has 3 saturated heterocycles. The summed E-state index contributed by atoms with van der Waals surface area (Å²) in [7, 11) is 0. The molecule has 1 aromatic heterocycles. The molecule has 7 heteroatoms. The third kappa shape index (κ3) is 3.29. The van der Waals surface area contributed by atoms with E-state index in [1.165, 1.54) is 25.0 Å². The van der Waals surface area contributed by atoms with Crippen molar-refractivity contribution in [2.75, 3.05) is 18.0 Å². The van der Waals surface area contributed by atoms with Gasteiger partial charge in [0, 0.05) is 49.4 Å². The number of anilines is 1. The van der Waals surface area contributed by atoms with Gasteiger partial charge in [0.15, 0.2) is 0 Å². The molecule has 4 aliphatic rings. The summed E-state index contributed by atoms with van der Waals surface area (Å²) < 4.78 is 38.8. The quantitative estimate of drug-likeness (QED) is 0.814. The van der Waals surface area contributed by atoms with E-state index in [1.54, 1.807) is 12.4 Å². The lowest BCUT2D eigenvalue weighted by molar-refractivity contribution is -0.137. The third-order valence-electron chi connectivity index (χ3n) is 5.96. The first-order valence-corrected chi connectivity index (χ1v) is 9.46. The van der Waals surface area contributed by atoms with Crippen LogP contribution in [0.15, 0.2) is 36.7 Å². The molecule has 6 rings (SSSR count). The van der Waals surface area contributed by atoms with Gasteiger partial charge >= 0.3 is 6.18 Å². The lowest BCUT2D eigenvalue weighted by Gasteiger charge is -2.56. The molecule has 1 saturated carbocycles. The van der Waals surface area contributed by atoms with Crippen LogP contribution >= 0.6 is 0 Å². The monoisotopic (exact) mass is 374 g/mol. The minimum atomic E-state index is -4.29. The Kier molecular flexibility index (Phi) is 3.89. The molecule has 0 spiro atoms. The summed E-state index contributed by atoms with van der Waals surface area (Å²) >= 11 is 0. The summed E-state index contributed by atoms with van der Waals surface area (Å²) in [5.74, 6) is 1.59. The number of piperazine rings is 1. The molecule has 27 heavy (non-hydrogen) atoms. The average molecular weight is 374 g/mol. The first-order chi connectivity index (χ1) is 13.0. The number of benzene rings is 1. The Balaban J connectivity index is 1.26. The van der Waals surface area contributed by atoms with Crippen LogP contribution in [0.5, 0.6) is 0 Å². The number of rotatable bonds is 4. The van der Waals surface area contributed by atoms with Crippen molar-refractivity contribution in [2.24, 2.45) is 0 Å². The SMILES string of the molecule is FC(F)(F)c1cccc(CN2C3CC2CN(c2cc(C4CC4)ncn2)C3)c1. The van der Waals surface area contributed by atoms with Crippen LogP contribution in [-0.4, -0.2) is 40.0 Å². The molecular weight excluding hydrogens is 353 g/mol. The van der Waals surface area contributed by atoms with E-state index in [9.17, 15) is 13.2 Å². The summed E-state index contributed by atoms with van der Waals surface area (Å²) in [6, 6.07) is 8.55. The minimum Gasteiger partial charge on any atom is -0.353 e. The molecule has 0 radical (unpaired) electrons. The van der Waals surface area contributed by atoms with Crippen molar-refractivity contribution in [1.82, 2.24) is 14.9 Å². The van der Waals surface area contributed by atoms with Gasteiger partial charge in [0.05, 0.1) is 5.56 Å². The zero-order valence-corrected chi connectivity index (χ0v) is 14.9. The molecule has 4 heterocycles. The van der Waals surface area contributed by atoms with Crippen molar-refractivity contribution in [1.29, 1.82) is 0 Å². The number of fused-ring (bicyclic) bond motifs is 2. The van der Waals surface area contributed by atoms with Crippen molar-refractivity contribution in [3.63, 3.8) is 0 Å². The van der Waals surface area contributed by atoms with Gasteiger partial charge in [-0.2, -0.15) is 13.2 Å². The van der Waals surface area contributed by atoms with Gasteiger partial charge in [0.1, 0.15) is 12.1 Å². The minimum absolute atomic E-state index is 0.373. The predicted molar refractivity (Wildman–Crippen MR) is 95.4 cm³/mol. The molecule has 2 aromatic rings. The standard InChI is InChI=1S/C20H21F3N4/c21-20(22,23)15-3-1-2-13(6-15)9-27-16-7-17(27)11-26(10-16)19-8-18(14-4-5-14)24-12-25-19/h1-3,6,8,12,14,16-17H,4-5,7,9-11H2. The fraction of sp³-hybridized carbons (Fsp3) is 0.500. The van der Waals surface area contributed by atoms with Gasteiger partial charge in [-0.3, -0.25) is 4.90 Å². The van der Waals surface area contributed by atoms with Gasteiger partial charge in [0.2, 0.25) is 0 Å². The van der Waals surface area contributed by atoms with Crippen molar-refractivity contribution in [2.45, 2.75) is 50.0 Å². The van der Waals surface area contributed by atoms with E-state index in [1.807, 2.05) is 0 Å². The van der Waals surface area contributed by atoms with Crippen LogP contribution in [0.25, 0.3) is 0 Å². The molecule has 1 aromatic carbocycles. The molecule has 1 aliphatic carbocycles. The Labute approximate surface area is 156 Å². The molecule has 2 bridgehead atoms. The van der Waals surface area contributed by atoms with E-state index < -0.39 is 11.7 Å². The van der Waals surface area contributed by atoms with Crippen LogP contribution in [0.1, 0.15) is 42.0 Å². The number of piperidine rings is 1. The predicted octanol–water partition coefficient (Wildman–Crippen LogP) is 3.84. The van der Waals surface area contributed by atoms with Crippen molar-refractivity contribution in [3.8, 4) is 0 Å². The lowest BCUT2D eigenvalue weighted by Crippen LogP contribution is -2.68. The molecule has 4 fully saturated rings. The zero-order valence-electron chi connectivity index (χ0n) is 14.9. The van der Waals surface area contributed by atoms with Gasteiger partial charge in [-0.25, -0.2) is 9.97 Å². The van der Waals surface area contributed by atoms with E-state index in [0.717, 1.165) is 42.7 Å². The molecule has 2 atom stereocenters. The summed E-state index contributed by atoms with van der Waals surface area (Å²) in [6.45, 7) is 2.32. The summed E-state index contributed by atoms with van der Waals surface area (Å²) in [5, 5.41) is 0. The Hall–Kier alpha value is -2.15. The van der Waals surface area contributed by atoms with Gasteiger partial charge < -0.3 is 4.90 Å². The van der Waals surface area contributed by atoms with Crippen LogP contribution < -0.4 is 4.90 Å². The zero-order chi connectivity index (χ0) is 18.6. The summed E-state index contributed by atoms with van der Waals surface area (Å²) in [6.07, 6.45) is 0.905. The second-order valence-corrected chi connectivity index (χ2v) is 7.89. The highest BCUT2D eigenvalue weighted by molar-refractivity contribution is 5.43. The second-order valence-electron chi connectivity index (χ2n) is 7.89. The lowest BCUT2D eigenvalue weighted by atomic mass is 9.86. The summed E-state index contributed by atoms with van der Waals surface area (Å²) in [5.41, 5.74) is 1.30. The molecule has 0 amide bonds. The average Bonchev–Trinajstić information content (AvgIpc) is 3.51.